The summed E-state index contributed by atoms with van der Waals surface area (Å²) in [5.41, 5.74) is 1.42. The fraction of sp³-hybridized carbons (Fsp3) is 0.212. The molecule has 0 spiro atoms. The zero-order chi connectivity index (χ0) is 32.6. The van der Waals surface area contributed by atoms with Crippen LogP contribution < -0.4 is 14.4 Å². The van der Waals surface area contributed by atoms with E-state index in [9.17, 15) is 22.4 Å². The molecule has 0 heterocycles. The maximum atomic E-state index is 14.3. The van der Waals surface area contributed by atoms with Crippen LogP contribution in [0.1, 0.15) is 18.1 Å². The van der Waals surface area contributed by atoms with Crippen LogP contribution in [0.3, 0.4) is 0 Å². The van der Waals surface area contributed by atoms with Crippen molar-refractivity contribution in [2.45, 2.75) is 30.8 Å². The molecule has 0 radical (unpaired) electrons. The lowest BCUT2D eigenvalue weighted by Gasteiger charge is -2.33. The van der Waals surface area contributed by atoms with Gasteiger partial charge in [-0.1, -0.05) is 59.6 Å². The summed E-state index contributed by atoms with van der Waals surface area (Å²) in [6.07, 6.45) is 0.149. The summed E-state index contributed by atoms with van der Waals surface area (Å²) in [5.74, 6) is -1.23. The fourth-order valence-corrected chi connectivity index (χ4v) is 6.43. The highest BCUT2D eigenvalue weighted by Crippen LogP contribution is 2.28. The van der Waals surface area contributed by atoms with Crippen LogP contribution in [-0.4, -0.2) is 51.4 Å². The van der Waals surface area contributed by atoms with Crippen molar-refractivity contribution in [1.29, 1.82) is 0 Å². The number of rotatable bonds is 13. The van der Waals surface area contributed by atoms with Gasteiger partial charge in [0.25, 0.3) is 10.0 Å². The molecule has 236 valence electrons. The first kappa shape index (κ1) is 33.8. The summed E-state index contributed by atoms with van der Waals surface area (Å²) in [4.78, 5) is 28.8. The minimum atomic E-state index is -4.35. The fourth-order valence-electron chi connectivity index (χ4n) is 4.69. The molecule has 4 aromatic rings. The van der Waals surface area contributed by atoms with E-state index in [1.54, 1.807) is 25.1 Å². The smallest absolute Gasteiger partial charge is 0.264 e. The first-order chi connectivity index (χ1) is 21.5. The van der Waals surface area contributed by atoms with Gasteiger partial charge in [0.1, 0.15) is 24.2 Å². The van der Waals surface area contributed by atoms with E-state index in [4.69, 9.17) is 27.9 Å². The Morgan fingerprint density at radius 1 is 0.889 bits per heavy atom. The van der Waals surface area contributed by atoms with E-state index < -0.39 is 40.2 Å². The van der Waals surface area contributed by atoms with E-state index in [0.717, 1.165) is 22.0 Å². The summed E-state index contributed by atoms with van der Waals surface area (Å²) in [6.45, 7) is 1.43. The number of anilines is 1. The van der Waals surface area contributed by atoms with E-state index in [2.05, 4.69) is 5.32 Å². The van der Waals surface area contributed by atoms with Crippen molar-refractivity contribution in [2.24, 2.45) is 0 Å². The third kappa shape index (κ3) is 8.54. The van der Waals surface area contributed by atoms with Crippen molar-refractivity contribution in [3.63, 3.8) is 0 Å². The molecule has 0 aliphatic heterocycles. The lowest BCUT2D eigenvalue weighted by Crippen LogP contribution is -2.53. The van der Waals surface area contributed by atoms with Crippen molar-refractivity contribution in [3.05, 3.63) is 124 Å². The SMILES string of the molecule is CCOc1ccc(S(=O)(=O)N(CC(=O)N(Cc2ccc(Cl)c(Cl)c2)[C@@H](Cc2ccccc2)C(=O)NC)c2ccc(F)cc2)cc1. The second-order valence-corrected chi connectivity index (χ2v) is 12.7. The average molecular weight is 673 g/mol. The van der Waals surface area contributed by atoms with Gasteiger partial charge in [0.15, 0.2) is 0 Å². The van der Waals surface area contributed by atoms with Crippen LogP contribution in [0.5, 0.6) is 5.75 Å². The molecule has 1 N–H and O–H groups in total. The first-order valence-electron chi connectivity index (χ1n) is 14.0. The van der Waals surface area contributed by atoms with Gasteiger partial charge in [0.2, 0.25) is 11.8 Å². The number of likely N-dealkylation sites (N-methyl/N-ethyl adjacent to an activating group) is 1. The lowest BCUT2D eigenvalue weighted by atomic mass is 10.0. The zero-order valence-electron chi connectivity index (χ0n) is 24.6. The molecule has 0 aliphatic rings. The van der Waals surface area contributed by atoms with E-state index >= 15 is 0 Å². The third-order valence-electron chi connectivity index (χ3n) is 6.97. The normalized spacial score (nSPS) is 11.8. The van der Waals surface area contributed by atoms with Gasteiger partial charge in [0.05, 0.1) is 27.2 Å². The summed E-state index contributed by atoms with van der Waals surface area (Å²) >= 11 is 12.4. The molecular weight excluding hydrogens is 640 g/mol. The van der Waals surface area contributed by atoms with E-state index in [1.807, 2.05) is 30.3 Å². The van der Waals surface area contributed by atoms with Gasteiger partial charge >= 0.3 is 0 Å². The predicted molar refractivity (Wildman–Crippen MR) is 174 cm³/mol. The van der Waals surface area contributed by atoms with Gasteiger partial charge in [0, 0.05) is 20.0 Å². The monoisotopic (exact) mass is 671 g/mol. The highest BCUT2D eigenvalue weighted by atomic mass is 35.5. The van der Waals surface area contributed by atoms with Gasteiger partial charge in [-0.25, -0.2) is 12.8 Å². The number of ether oxygens (including phenoxy) is 1. The van der Waals surface area contributed by atoms with Crippen LogP contribution in [0.25, 0.3) is 0 Å². The number of hydrogen-bond acceptors (Lipinski definition) is 5. The summed E-state index contributed by atoms with van der Waals surface area (Å²) < 4.78 is 48.3. The Kier molecular flexibility index (Phi) is 11.4. The van der Waals surface area contributed by atoms with Crippen LogP contribution in [0.2, 0.25) is 10.0 Å². The Morgan fingerprint density at radius 3 is 2.16 bits per heavy atom. The lowest BCUT2D eigenvalue weighted by molar-refractivity contribution is -0.139. The van der Waals surface area contributed by atoms with E-state index in [1.165, 1.54) is 48.3 Å². The molecule has 4 rings (SSSR count). The molecule has 0 unspecified atom stereocenters. The number of halogens is 3. The van der Waals surface area contributed by atoms with Crippen LogP contribution in [0.4, 0.5) is 10.1 Å². The van der Waals surface area contributed by atoms with E-state index in [-0.39, 0.29) is 28.6 Å². The van der Waals surface area contributed by atoms with Gasteiger partial charge in [-0.15, -0.1) is 0 Å². The molecule has 0 aromatic heterocycles. The first-order valence-corrected chi connectivity index (χ1v) is 16.2. The highest BCUT2D eigenvalue weighted by Gasteiger charge is 2.34. The Hall–Kier alpha value is -4.12. The number of carbonyl (C=O) groups is 2. The van der Waals surface area contributed by atoms with E-state index in [0.29, 0.717) is 22.9 Å². The second kappa shape index (κ2) is 15.2. The number of hydrogen-bond donors (Lipinski definition) is 1. The average Bonchev–Trinajstić information content (AvgIpc) is 3.04. The molecule has 0 aliphatic carbocycles. The minimum absolute atomic E-state index is 0.0627. The maximum absolute atomic E-state index is 14.3. The number of sulfonamides is 1. The Labute approximate surface area is 272 Å². The van der Waals surface area contributed by atoms with Crippen molar-refractivity contribution in [2.75, 3.05) is 24.5 Å². The molecular formula is C33H32Cl2FN3O5S. The molecule has 12 heteroatoms. The molecule has 0 fully saturated rings. The van der Waals surface area contributed by atoms with Gasteiger partial charge in [-0.05, 0) is 78.7 Å². The summed E-state index contributed by atoms with van der Waals surface area (Å²) in [5, 5.41) is 3.20. The highest BCUT2D eigenvalue weighted by molar-refractivity contribution is 7.92. The molecule has 0 bridgehead atoms. The molecule has 0 saturated heterocycles. The van der Waals surface area contributed by atoms with Gasteiger partial charge < -0.3 is 15.0 Å². The van der Waals surface area contributed by atoms with Crippen molar-refractivity contribution >= 4 is 50.7 Å². The number of nitrogens with zero attached hydrogens (tertiary/aromatic N) is 2. The van der Waals surface area contributed by atoms with Gasteiger partial charge in [-0.2, -0.15) is 0 Å². The molecule has 45 heavy (non-hydrogen) atoms. The summed E-state index contributed by atoms with van der Waals surface area (Å²) in [7, 11) is -2.89. The molecule has 8 nitrogen and oxygen atoms in total. The third-order valence-corrected chi connectivity index (χ3v) is 9.50. The molecule has 0 saturated carbocycles. The number of carbonyl (C=O) groups excluding carboxylic acids is 2. The predicted octanol–water partition coefficient (Wildman–Crippen LogP) is 6.11. The summed E-state index contributed by atoms with van der Waals surface area (Å²) in [6, 6.07) is 23.5. The minimum Gasteiger partial charge on any atom is -0.494 e. The topological polar surface area (TPSA) is 96.0 Å². The largest absolute Gasteiger partial charge is 0.494 e. The van der Waals surface area contributed by atoms with Crippen molar-refractivity contribution in [1.82, 2.24) is 10.2 Å². The zero-order valence-corrected chi connectivity index (χ0v) is 26.9. The Balaban J connectivity index is 1.78. The maximum Gasteiger partial charge on any atom is 0.264 e. The van der Waals surface area contributed by atoms with Crippen LogP contribution in [0.15, 0.2) is 102 Å². The van der Waals surface area contributed by atoms with Crippen molar-refractivity contribution < 1.29 is 27.1 Å². The molecule has 2 amide bonds. The van der Waals surface area contributed by atoms with Crippen LogP contribution in [-0.2, 0) is 32.6 Å². The standard InChI is InChI=1S/C33H32Cl2FN3O5S/c1-3-44-27-14-16-28(17-15-27)45(42,43)39(26-12-10-25(36)11-13-26)22-32(40)38(21-24-9-18-29(34)30(35)19-24)31(33(41)37-2)20-23-7-5-4-6-8-23/h4-19,31H,3,20-22H2,1-2H3,(H,37,41)/t31-/m0/s1. The second-order valence-electron chi connectivity index (χ2n) is 9.98. The van der Waals surface area contributed by atoms with Gasteiger partial charge in [-0.3, -0.25) is 13.9 Å². The Morgan fingerprint density at radius 2 is 1.56 bits per heavy atom. The number of nitrogens with one attached hydrogen (secondary N) is 1. The van der Waals surface area contributed by atoms with Crippen molar-refractivity contribution in [3.8, 4) is 5.75 Å². The van der Waals surface area contributed by atoms with Crippen LogP contribution >= 0.6 is 23.2 Å². The quantitative estimate of drug-likeness (QED) is 0.185. The molecule has 1 atom stereocenters. The van der Waals surface area contributed by atoms with Crippen LogP contribution in [0, 0.1) is 5.82 Å². The number of benzene rings is 4. The number of amides is 2. The molecule has 4 aromatic carbocycles. The Bertz CT molecular complexity index is 1720.